The zero-order chi connectivity index (χ0) is 21.2. The van der Waals surface area contributed by atoms with Crippen LogP contribution in [0.2, 0.25) is 0 Å². The minimum Gasteiger partial charge on any atom is -0.450 e. The molecule has 0 saturated heterocycles. The van der Waals surface area contributed by atoms with Gasteiger partial charge in [-0.15, -0.1) is 0 Å². The molecule has 1 amide bonds. The number of alkyl carbamates (subject to hydrolysis) is 1. The van der Waals surface area contributed by atoms with Gasteiger partial charge in [0, 0.05) is 24.2 Å². The molecule has 0 aliphatic heterocycles. The topological polar surface area (TPSA) is 56.1 Å². The molecular formula is C25H31N3O2. The summed E-state index contributed by atoms with van der Waals surface area (Å²) in [5, 5.41) is 2.78. The third-order valence-corrected chi connectivity index (χ3v) is 5.11. The monoisotopic (exact) mass is 405 g/mol. The van der Waals surface area contributed by atoms with Gasteiger partial charge in [0.25, 0.3) is 0 Å². The van der Waals surface area contributed by atoms with Crippen LogP contribution in [0.3, 0.4) is 0 Å². The first-order valence-corrected chi connectivity index (χ1v) is 10.8. The van der Waals surface area contributed by atoms with Crippen molar-refractivity contribution < 1.29 is 9.53 Å². The molecule has 158 valence electrons. The van der Waals surface area contributed by atoms with Crippen LogP contribution in [0, 0.1) is 6.92 Å². The molecule has 1 heterocycles. The van der Waals surface area contributed by atoms with E-state index in [0.29, 0.717) is 13.2 Å². The Morgan fingerprint density at radius 3 is 2.23 bits per heavy atom. The molecule has 0 aliphatic rings. The molecule has 0 saturated carbocycles. The van der Waals surface area contributed by atoms with Gasteiger partial charge < -0.3 is 14.6 Å². The van der Waals surface area contributed by atoms with E-state index < -0.39 is 0 Å². The number of aromatic nitrogens is 2. The Labute approximate surface area is 179 Å². The molecule has 0 aliphatic carbocycles. The number of hydrogen-bond acceptors (Lipinski definition) is 3. The van der Waals surface area contributed by atoms with Crippen molar-refractivity contribution in [1.82, 2.24) is 14.9 Å². The van der Waals surface area contributed by atoms with Gasteiger partial charge in [-0.2, -0.15) is 0 Å². The Morgan fingerprint density at radius 2 is 1.57 bits per heavy atom. The maximum Gasteiger partial charge on any atom is 0.407 e. The fourth-order valence-electron chi connectivity index (χ4n) is 3.65. The zero-order valence-corrected chi connectivity index (χ0v) is 17.9. The number of carbonyl (C=O) groups is 1. The Hall–Kier alpha value is -3.08. The second kappa shape index (κ2) is 11.2. The first-order chi connectivity index (χ1) is 14.7. The standard InChI is InChI=1S/C25H31N3O2/c1-3-30-25(29)26-18-12-4-5-13-19-28-20(2)27-23(21-14-8-6-9-15-21)24(28)22-16-10-7-11-17-22/h6-11,14-17H,3-5,12-13,18-19H2,1-2H3,(H,26,29). The predicted molar refractivity (Wildman–Crippen MR) is 121 cm³/mol. The SMILES string of the molecule is CCOC(=O)NCCCCCCn1c(C)nc(-c2ccccc2)c1-c1ccccc1. The molecule has 1 N–H and O–H groups in total. The summed E-state index contributed by atoms with van der Waals surface area (Å²) >= 11 is 0. The van der Waals surface area contributed by atoms with E-state index in [2.05, 4.69) is 65.3 Å². The van der Waals surface area contributed by atoms with Gasteiger partial charge in [0.2, 0.25) is 0 Å². The fraction of sp³-hybridized carbons (Fsp3) is 0.360. The molecule has 30 heavy (non-hydrogen) atoms. The Bertz CT molecular complexity index is 920. The van der Waals surface area contributed by atoms with E-state index in [9.17, 15) is 4.79 Å². The van der Waals surface area contributed by atoms with E-state index in [1.54, 1.807) is 0 Å². The van der Waals surface area contributed by atoms with Crippen LogP contribution in [0.1, 0.15) is 38.4 Å². The number of hydrogen-bond donors (Lipinski definition) is 1. The van der Waals surface area contributed by atoms with Gasteiger partial charge in [-0.05, 0) is 26.7 Å². The smallest absolute Gasteiger partial charge is 0.407 e. The lowest BCUT2D eigenvalue weighted by Crippen LogP contribution is -2.25. The molecular weight excluding hydrogens is 374 g/mol. The number of ether oxygens (including phenoxy) is 1. The maximum absolute atomic E-state index is 11.3. The number of unbranched alkanes of at least 4 members (excludes halogenated alkanes) is 3. The second-order valence-electron chi connectivity index (χ2n) is 7.30. The number of imidazole rings is 1. The van der Waals surface area contributed by atoms with Crippen LogP contribution < -0.4 is 5.32 Å². The molecule has 5 nitrogen and oxygen atoms in total. The Morgan fingerprint density at radius 1 is 0.933 bits per heavy atom. The van der Waals surface area contributed by atoms with Gasteiger partial charge in [0.05, 0.1) is 18.0 Å². The number of benzene rings is 2. The highest BCUT2D eigenvalue weighted by Crippen LogP contribution is 2.33. The van der Waals surface area contributed by atoms with Gasteiger partial charge in [-0.3, -0.25) is 0 Å². The van der Waals surface area contributed by atoms with Gasteiger partial charge in [0.15, 0.2) is 0 Å². The highest BCUT2D eigenvalue weighted by atomic mass is 16.5. The van der Waals surface area contributed by atoms with E-state index in [1.807, 2.05) is 19.1 Å². The van der Waals surface area contributed by atoms with Crippen molar-refractivity contribution in [2.45, 2.75) is 46.1 Å². The van der Waals surface area contributed by atoms with Crippen LogP contribution in [0.5, 0.6) is 0 Å². The minimum atomic E-state index is -0.326. The molecule has 0 unspecified atom stereocenters. The molecule has 2 aromatic carbocycles. The van der Waals surface area contributed by atoms with E-state index in [-0.39, 0.29) is 6.09 Å². The summed E-state index contributed by atoms with van der Waals surface area (Å²) in [4.78, 5) is 16.2. The van der Waals surface area contributed by atoms with Crippen molar-refractivity contribution in [1.29, 1.82) is 0 Å². The summed E-state index contributed by atoms with van der Waals surface area (Å²) in [6, 6.07) is 20.9. The predicted octanol–water partition coefficient (Wildman–Crippen LogP) is 5.83. The molecule has 0 bridgehead atoms. The van der Waals surface area contributed by atoms with Gasteiger partial charge in [-0.25, -0.2) is 9.78 Å². The number of amides is 1. The van der Waals surface area contributed by atoms with E-state index >= 15 is 0 Å². The van der Waals surface area contributed by atoms with Gasteiger partial charge in [0.1, 0.15) is 5.82 Å². The molecule has 3 rings (SSSR count). The normalized spacial score (nSPS) is 10.7. The summed E-state index contributed by atoms with van der Waals surface area (Å²) in [7, 11) is 0. The Kier molecular flexibility index (Phi) is 8.07. The van der Waals surface area contributed by atoms with Crippen molar-refractivity contribution in [2.24, 2.45) is 0 Å². The number of aryl methyl sites for hydroxylation is 1. The fourth-order valence-corrected chi connectivity index (χ4v) is 3.65. The van der Waals surface area contributed by atoms with E-state index in [4.69, 9.17) is 9.72 Å². The number of nitrogens with zero attached hydrogens (tertiary/aromatic N) is 2. The summed E-state index contributed by atoms with van der Waals surface area (Å²) in [5.41, 5.74) is 4.56. The lowest BCUT2D eigenvalue weighted by atomic mass is 10.0. The van der Waals surface area contributed by atoms with Crippen LogP contribution >= 0.6 is 0 Å². The molecule has 1 aromatic heterocycles. The quantitative estimate of drug-likeness (QED) is 0.432. The second-order valence-corrected chi connectivity index (χ2v) is 7.30. The molecule has 0 spiro atoms. The first kappa shape index (κ1) is 21.6. The van der Waals surface area contributed by atoms with Crippen LogP contribution in [0.4, 0.5) is 4.79 Å². The van der Waals surface area contributed by atoms with Crippen molar-refractivity contribution in [3.63, 3.8) is 0 Å². The van der Waals surface area contributed by atoms with Crippen molar-refractivity contribution in [2.75, 3.05) is 13.2 Å². The van der Waals surface area contributed by atoms with Crippen LogP contribution in [-0.4, -0.2) is 28.8 Å². The van der Waals surface area contributed by atoms with Crippen molar-refractivity contribution in [3.8, 4) is 22.5 Å². The third-order valence-electron chi connectivity index (χ3n) is 5.11. The van der Waals surface area contributed by atoms with E-state index in [1.165, 1.54) is 11.3 Å². The Balaban J connectivity index is 1.65. The lowest BCUT2D eigenvalue weighted by molar-refractivity contribution is 0.152. The average Bonchev–Trinajstić information content (AvgIpc) is 3.10. The number of carbonyl (C=O) groups excluding carboxylic acids is 1. The van der Waals surface area contributed by atoms with Gasteiger partial charge in [-0.1, -0.05) is 73.5 Å². The first-order valence-electron chi connectivity index (χ1n) is 10.8. The lowest BCUT2D eigenvalue weighted by Gasteiger charge is -2.12. The summed E-state index contributed by atoms with van der Waals surface area (Å²) < 4.78 is 7.22. The molecule has 3 aromatic rings. The van der Waals surface area contributed by atoms with Crippen molar-refractivity contribution >= 4 is 6.09 Å². The maximum atomic E-state index is 11.3. The highest BCUT2D eigenvalue weighted by Gasteiger charge is 2.17. The number of nitrogens with one attached hydrogen (secondary N) is 1. The van der Waals surface area contributed by atoms with Gasteiger partial charge >= 0.3 is 6.09 Å². The summed E-state index contributed by atoms with van der Waals surface area (Å²) in [5.74, 6) is 1.04. The molecule has 0 radical (unpaired) electrons. The number of rotatable bonds is 10. The molecule has 5 heteroatoms. The summed E-state index contributed by atoms with van der Waals surface area (Å²) in [6.45, 7) is 5.90. The van der Waals surface area contributed by atoms with Crippen molar-refractivity contribution in [3.05, 3.63) is 66.5 Å². The van der Waals surface area contributed by atoms with Crippen LogP contribution in [0.25, 0.3) is 22.5 Å². The molecule has 0 atom stereocenters. The minimum absolute atomic E-state index is 0.326. The largest absolute Gasteiger partial charge is 0.450 e. The third kappa shape index (κ3) is 5.72. The van der Waals surface area contributed by atoms with E-state index in [0.717, 1.165) is 49.3 Å². The van der Waals surface area contributed by atoms with Crippen LogP contribution in [-0.2, 0) is 11.3 Å². The summed E-state index contributed by atoms with van der Waals surface area (Å²) in [6.07, 6.45) is 3.89. The molecule has 0 fully saturated rings. The highest BCUT2D eigenvalue weighted by molar-refractivity contribution is 5.79. The van der Waals surface area contributed by atoms with Crippen LogP contribution in [0.15, 0.2) is 60.7 Å². The zero-order valence-electron chi connectivity index (χ0n) is 17.9. The average molecular weight is 406 g/mol.